The number of hydrogen-bond donors (Lipinski definition) is 0. The van der Waals surface area contributed by atoms with Gasteiger partial charge in [0.2, 0.25) is 0 Å². The van der Waals surface area contributed by atoms with Gasteiger partial charge in [0.1, 0.15) is 17.5 Å². The van der Waals surface area contributed by atoms with Gasteiger partial charge in [0.15, 0.2) is 0 Å². The van der Waals surface area contributed by atoms with Gasteiger partial charge < -0.3 is 9.47 Å². The summed E-state index contributed by atoms with van der Waals surface area (Å²) in [5.74, 6) is 1.46. The number of hydrogen-bond acceptors (Lipinski definition) is 4. The van der Waals surface area contributed by atoms with Crippen LogP contribution in [0.5, 0.6) is 11.5 Å². The molecule has 2 rings (SSSR count). The molecule has 1 heterocycles. The molecule has 0 aromatic heterocycles. The Kier molecular flexibility index (Phi) is 5.25. The monoisotopic (exact) mass is 274 g/mol. The van der Waals surface area contributed by atoms with Crippen LogP contribution in [-0.2, 0) is 0 Å². The van der Waals surface area contributed by atoms with Crippen LogP contribution in [-0.4, -0.2) is 32.2 Å². The Morgan fingerprint density at radius 2 is 1.55 bits per heavy atom. The SMILES string of the molecule is COc1cc(OC)cc(C(C#N)N2CCCCCC2)c1. The van der Waals surface area contributed by atoms with E-state index in [9.17, 15) is 5.26 Å². The van der Waals surface area contributed by atoms with Gasteiger partial charge >= 0.3 is 0 Å². The first kappa shape index (κ1) is 14.7. The molecule has 20 heavy (non-hydrogen) atoms. The van der Waals surface area contributed by atoms with Crippen molar-refractivity contribution in [2.75, 3.05) is 27.3 Å². The largest absolute Gasteiger partial charge is 0.497 e. The van der Waals surface area contributed by atoms with Crippen LogP contribution in [0.25, 0.3) is 0 Å². The zero-order chi connectivity index (χ0) is 14.4. The lowest BCUT2D eigenvalue weighted by atomic mass is 10.1. The van der Waals surface area contributed by atoms with Gasteiger partial charge in [-0.05, 0) is 43.6 Å². The van der Waals surface area contributed by atoms with Crippen LogP contribution in [0.2, 0.25) is 0 Å². The molecule has 1 aromatic rings. The maximum absolute atomic E-state index is 9.58. The molecule has 1 aliphatic heterocycles. The molecule has 0 N–H and O–H groups in total. The second-order valence-electron chi connectivity index (χ2n) is 5.13. The van der Waals surface area contributed by atoms with E-state index < -0.39 is 0 Å². The van der Waals surface area contributed by atoms with Crippen LogP contribution >= 0.6 is 0 Å². The first-order valence-corrected chi connectivity index (χ1v) is 7.15. The van der Waals surface area contributed by atoms with E-state index in [-0.39, 0.29) is 6.04 Å². The average molecular weight is 274 g/mol. The van der Waals surface area contributed by atoms with Gasteiger partial charge in [0.05, 0.1) is 20.3 Å². The quantitative estimate of drug-likeness (QED) is 0.846. The predicted octanol–water partition coefficient (Wildman–Crippen LogP) is 3.14. The van der Waals surface area contributed by atoms with Crippen molar-refractivity contribution in [3.63, 3.8) is 0 Å². The van der Waals surface area contributed by atoms with Gasteiger partial charge in [-0.25, -0.2) is 0 Å². The third-order valence-electron chi connectivity index (χ3n) is 3.82. The van der Waals surface area contributed by atoms with Gasteiger partial charge in [-0.15, -0.1) is 0 Å². The first-order valence-electron chi connectivity index (χ1n) is 7.15. The molecule has 0 spiro atoms. The van der Waals surface area contributed by atoms with Gasteiger partial charge in [-0.3, -0.25) is 4.90 Å². The summed E-state index contributed by atoms with van der Waals surface area (Å²) in [6.07, 6.45) is 4.85. The minimum absolute atomic E-state index is 0.225. The topological polar surface area (TPSA) is 45.5 Å². The second kappa shape index (κ2) is 7.16. The second-order valence-corrected chi connectivity index (χ2v) is 5.13. The lowest BCUT2D eigenvalue weighted by Gasteiger charge is -2.26. The maximum Gasteiger partial charge on any atom is 0.124 e. The summed E-state index contributed by atoms with van der Waals surface area (Å²) in [7, 11) is 3.26. The molecule has 1 fully saturated rings. The molecule has 108 valence electrons. The van der Waals surface area contributed by atoms with Crippen molar-refractivity contribution >= 4 is 0 Å². The van der Waals surface area contributed by atoms with Crippen LogP contribution < -0.4 is 9.47 Å². The number of nitriles is 1. The summed E-state index contributed by atoms with van der Waals surface area (Å²) < 4.78 is 10.6. The average Bonchev–Trinajstić information content (AvgIpc) is 2.77. The van der Waals surface area contributed by atoms with E-state index in [2.05, 4.69) is 11.0 Å². The van der Waals surface area contributed by atoms with Gasteiger partial charge in [-0.1, -0.05) is 12.8 Å². The first-order chi connectivity index (χ1) is 9.78. The van der Waals surface area contributed by atoms with Crippen LogP contribution in [0.1, 0.15) is 37.3 Å². The number of methoxy groups -OCH3 is 2. The summed E-state index contributed by atoms with van der Waals surface area (Å²) in [5, 5.41) is 9.58. The fraction of sp³-hybridized carbons (Fsp3) is 0.562. The molecule has 0 amide bonds. The van der Waals surface area contributed by atoms with Crippen molar-refractivity contribution in [2.45, 2.75) is 31.7 Å². The van der Waals surface area contributed by atoms with E-state index in [1.807, 2.05) is 18.2 Å². The summed E-state index contributed by atoms with van der Waals surface area (Å²) >= 11 is 0. The van der Waals surface area contributed by atoms with E-state index in [0.29, 0.717) is 0 Å². The highest BCUT2D eigenvalue weighted by molar-refractivity contribution is 5.41. The summed E-state index contributed by atoms with van der Waals surface area (Å²) in [5.41, 5.74) is 0.950. The molecule has 1 unspecified atom stereocenters. The van der Waals surface area contributed by atoms with Crippen LogP contribution in [0.15, 0.2) is 18.2 Å². The zero-order valence-electron chi connectivity index (χ0n) is 12.3. The highest BCUT2D eigenvalue weighted by atomic mass is 16.5. The number of benzene rings is 1. The number of rotatable bonds is 4. The Bertz CT molecular complexity index is 452. The number of likely N-dealkylation sites (tertiary alicyclic amines) is 1. The van der Waals surface area contributed by atoms with Crippen molar-refractivity contribution in [1.29, 1.82) is 5.26 Å². The molecular weight excluding hydrogens is 252 g/mol. The summed E-state index contributed by atoms with van der Waals surface area (Å²) in [6.45, 7) is 1.97. The van der Waals surface area contributed by atoms with E-state index in [1.54, 1.807) is 14.2 Å². The number of nitrogens with zero attached hydrogens (tertiary/aromatic N) is 2. The van der Waals surface area contributed by atoms with Crippen molar-refractivity contribution in [3.8, 4) is 17.6 Å². The predicted molar refractivity (Wildman–Crippen MR) is 77.9 cm³/mol. The molecule has 0 bridgehead atoms. The lowest BCUT2D eigenvalue weighted by molar-refractivity contribution is 0.245. The molecule has 0 aliphatic carbocycles. The summed E-state index contributed by atoms with van der Waals surface area (Å²) in [4.78, 5) is 2.27. The smallest absolute Gasteiger partial charge is 0.124 e. The Labute approximate surface area is 120 Å². The van der Waals surface area contributed by atoms with Crippen LogP contribution in [0.3, 0.4) is 0 Å². The maximum atomic E-state index is 9.58. The Morgan fingerprint density at radius 3 is 2.00 bits per heavy atom. The molecule has 1 saturated heterocycles. The molecule has 1 atom stereocenters. The highest BCUT2D eigenvalue weighted by Gasteiger charge is 2.22. The molecule has 1 aromatic carbocycles. The van der Waals surface area contributed by atoms with Crippen molar-refractivity contribution in [3.05, 3.63) is 23.8 Å². The molecule has 4 nitrogen and oxygen atoms in total. The van der Waals surface area contributed by atoms with E-state index in [1.165, 1.54) is 25.7 Å². The van der Waals surface area contributed by atoms with Gasteiger partial charge in [0.25, 0.3) is 0 Å². The fourth-order valence-corrected chi connectivity index (χ4v) is 2.71. The Morgan fingerprint density at radius 1 is 1.00 bits per heavy atom. The fourth-order valence-electron chi connectivity index (χ4n) is 2.71. The minimum Gasteiger partial charge on any atom is -0.497 e. The van der Waals surface area contributed by atoms with E-state index >= 15 is 0 Å². The highest BCUT2D eigenvalue weighted by Crippen LogP contribution is 2.30. The normalized spacial score (nSPS) is 17.9. The summed E-state index contributed by atoms with van der Waals surface area (Å²) in [6, 6.07) is 7.91. The Balaban J connectivity index is 2.28. The van der Waals surface area contributed by atoms with Crippen molar-refractivity contribution < 1.29 is 9.47 Å². The van der Waals surface area contributed by atoms with Gasteiger partial charge in [-0.2, -0.15) is 5.26 Å². The lowest BCUT2D eigenvalue weighted by Crippen LogP contribution is -2.29. The van der Waals surface area contributed by atoms with Crippen molar-refractivity contribution in [2.24, 2.45) is 0 Å². The Hall–Kier alpha value is -1.73. The standard InChI is InChI=1S/C16H22N2O2/c1-19-14-9-13(10-15(11-14)20-2)16(12-17)18-7-5-3-4-6-8-18/h9-11,16H,3-8H2,1-2H3. The van der Waals surface area contributed by atoms with E-state index in [0.717, 1.165) is 30.2 Å². The number of ether oxygens (including phenoxy) is 2. The third kappa shape index (κ3) is 3.43. The molecule has 0 radical (unpaired) electrons. The molecule has 1 aliphatic rings. The molecule has 0 saturated carbocycles. The molecular formula is C16H22N2O2. The van der Waals surface area contributed by atoms with Crippen LogP contribution in [0.4, 0.5) is 0 Å². The third-order valence-corrected chi connectivity index (χ3v) is 3.82. The van der Waals surface area contributed by atoms with Crippen molar-refractivity contribution in [1.82, 2.24) is 4.90 Å². The minimum atomic E-state index is -0.225. The van der Waals surface area contributed by atoms with Gasteiger partial charge in [0, 0.05) is 6.07 Å². The van der Waals surface area contributed by atoms with Crippen LogP contribution in [0, 0.1) is 11.3 Å². The van der Waals surface area contributed by atoms with E-state index in [4.69, 9.17) is 9.47 Å². The zero-order valence-corrected chi connectivity index (χ0v) is 12.3. The molecule has 4 heteroatoms.